The lowest BCUT2D eigenvalue weighted by Crippen LogP contribution is -2.02. The summed E-state index contributed by atoms with van der Waals surface area (Å²) in [5.41, 5.74) is 7.34. The first-order valence-electron chi connectivity index (χ1n) is 6.45. The van der Waals surface area contributed by atoms with Gasteiger partial charge in [-0.25, -0.2) is 4.39 Å². The molecule has 0 saturated heterocycles. The Labute approximate surface area is 136 Å². The van der Waals surface area contributed by atoms with E-state index in [1.165, 1.54) is 12.1 Å². The summed E-state index contributed by atoms with van der Waals surface area (Å²) in [6.07, 6.45) is 0.796. The molecule has 0 unspecified atom stereocenters. The minimum atomic E-state index is -0.480. The molecule has 2 aromatic rings. The number of benzene rings is 2. The van der Waals surface area contributed by atoms with E-state index >= 15 is 0 Å². The van der Waals surface area contributed by atoms with E-state index in [1.54, 1.807) is 6.07 Å². The fourth-order valence-electron chi connectivity index (χ4n) is 1.74. The molecule has 2 aromatic carbocycles. The maximum absolute atomic E-state index is 13.8. The molecular formula is C15H15BrClFN2O. The van der Waals surface area contributed by atoms with Gasteiger partial charge in [0.05, 0.1) is 28.7 Å². The van der Waals surface area contributed by atoms with E-state index in [2.05, 4.69) is 21.2 Å². The van der Waals surface area contributed by atoms with Gasteiger partial charge in [-0.3, -0.25) is 0 Å². The lowest BCUT2D eigenvalue weighted by Gasteiger charge is -2.14. The first-order chi connectivity index (χ1) is 10.0. The van der Waals surface area contributed by atoms with Crippen LogP contribution in [0.1, 0.15) is 13.3 Å². The zero-order valence-corrected chi connectivity index (χ0v) is 13.8. The average Bonchev–Trinajstić information content (AvgIpc) is 2.44. The van der Waals surface area contributed by atoms with Gasteiger partial charge in [0.25, 0.3) is 0 Å². The number of rotatable bonds is 5. The number of nitrogens with one attached hydrogen (secondary N) is 1. The van der Waals surface area contributed by atoms with E-state index in [4.69, 9.17) is 22.1 Å². The highest BCUT2D eigenvalue weighted by Gasteiger charge is 2.11. The summed E-state index contributed by atoms with van der Waals surface area (Å²) in [5, 5.41) is 3.63. The Hall–Kier alpha value is -1.46. The van der Waals surface area contributed by atoms with E-state index in [0.717, 1.165) is 10.9 Å². The van der Waals surface area contributed by atoms with Gasteiger partial charge in [0.2, 0.25) is 0 Å². The largest absolute Gasteiger partial charge is 0.490 e. The minimum Gasteiger partial charge on any atom is -0.490 e. The van der Waals surface area contributed by atoms with Crippen molar-refractivity contribution in [3.8, 4) is 5.75 Å². The van der Waals surface area contributed by atoms with Crippen molar-refractivity contribution < 1.29 is 9.13 Å². The Bertz CT molecular complexity index is 652. The summed E-state index contributed by atoms with van der Waals surface area (Å²) in [6.45, 7) is 2.40. The maximum atomic E-state index is 13.8. The monoisotopic (exact) mass is 372 g/mol. The van der Waals surface area contributed by atoms with Crippen LogP contribution in [-0.4, -0.2) is 6.61 Å². The molecule has 3 nitrogen and oxygen atoms in total. The molecule has 0 atom stereocenters. The molecule has 2 rings (SSSR count). The number of anilines is 3. The first kappa shape index (κ1) is 15.9. The minimum absolute atomic E-state index is 0.166. The Morgan fingerprint density at radius 2 is 2.05 bits per heavy atom. The van der Waals surface area contributed by atoms with Crippen molar-refractivity contribution in [2.24, 2.45) is 0 Å². The van der Waals surface area contributed by atoms with E-state index in [0.29, 0.717) is 23.0 Å². The van der Waals surface area contributed by atoms with Crippen LogP contribution < -0.4 is 15.8 Å². The number of hydrogen-bond acceptors (Lipinski definition) is 3. The summed E-state index contributed by atoms with van der Waals surface area (Å²) >= 11 is 9.50. The molecule has 0 aliphatic rings. The van der Waals surface area contributed by atoms with Crippen LogP contribution in [0.15, 0.2) is 34.8 Å². The van der Waals surface area contributed by atoms with Crippen LogP contribution in [-0.2, 0) is 0 Å². The standard InChI is InChI=1S/C15H15BrClFN2O/c1-2-5-21-15-8-14(12(19)7-11(15)18)20-13-6-9(16)3-4-10(13)17/h3-4,6-8,20H,2,5,19H2,1H3. The summed E-state index contributed by atoms with van der Waals surface area (Å²) < 4.78 is 20.0. The molecule has 0 bridgehead atoms. The van der Waals surface area contributed by atoms with Crippen LogP contribution >= 0.6 is 27.5 Å². The Morgan fingerprint density at radius 3 is 2.76 bits per heavy atom. The van der Waals surface area contributed by atoms with Gasteiger partial charge in [-0.1, -0.05) is 34.5 Å². The third-order valence-corrected chi connectivity index (χ3v) is 3.59. The fourth-order valence-corrected chi connectivity index (χ4v) is 2.26. The lowest BCUT2D eigenvalue weighted by molar-refractivity contribution is 0.301. The molecule has 0 aromatic heterocycles. The summed E-state index contributed by atoms with van der Waals surface area (Å²) in [6, 6.07) is 8.17. The molecule has 0 saturated carbocycles. The van der Waals surface area contributed by atoms with E-state index in [9.17, 15) is 4.39 Å². The molecule has 0 aliphatic heterocycles. The normalized spacial score (nSPS) is 10.5. The topological polar surface area (TPSA) is 47.3 Å². The maximum Gasteiger partial charge on any atom is 0.167 e. The number of hydrogen-bond donors (Lipinski definition) is 2. The summed E-state index contributed by atoms with van der Waals surface area (Å²) in [7, 11) is 0. The second-order valence-electron chi connectivity index (χ2n) is 4.47. The lowest BCUT2D eigenvalue weighted by atomic mass is 10.2. The molecule has 21 heavy (non-hydrogen) atoms. The van der Waals surface area contributed by atoms with Crippen LogP contribution in [0.5, 0.6) is 5.75 Å². The number of halogens is 3. The summed E-state index contributed by atoms with van der Waals surface area (Å²) in [5.74, 6) is -0.313. The van der Waals surface area contributed by atoms with Crippen LogP contribution in [0.3, 0.4) is 0 Å². The molecule has 0 fully saturated rings. The van der Waals surface area contributed by atoms with Crippen LogP contribution in [0.4, 0.5) is 21.5 Å². The van der Waals surface area contributed by atoms with Crippen molar-refractivity contribution in [3.05, 3.63) is 45.6 Å². The van der Waals surface area contributed by atoms with Gasteiger partial charge in [0, 0.05) is 16.6 Å². The highest BCUT2D eigenvalue weighted by molar-refractivity contribution is 9.10. The molecule has 0 spiro atoms. The molecule has 6 heteroatoms. The van der Waals surface area contributed by atoms with Gasteiger partial charge in [-0.15, -0.1) is 0 Å². The van der Waals surface area contributed by atoms with E-state index in [1.807, 2.05) is 19.1 Å². The number of nitrogen functional groups attached to an aromatic ring is 1. The van der Waals surface area contributed by atoms with E-state index < -0.39 is 5.82 Å². The predicted octanol–water partition coefficient (Wildman–Crippen LogP) is 5.36. The fraction of sp³-hybridized carbons (Fsp3) is 0.200. The smallest absolute Gasteiger partial charge is 0.167 e. The molecule has 3 N–H and O–H groups in total. The molecular weight excluding hydrogens is 359 g/mol. The average molecular weight is 374 g/mol. The Morgan fingerprint density at radius 1 is 1.29 bits per heavy atom. The Balaban J connectivity index is 2.32. The van der Waals surface area contributed by atoms with Gasteiger partial charge in [0.1, 0.15) is 0 Å². The van der Waals surface area contributed by atoms with Crippen molar-refractivity contribution in [2.45, 2.75) is 13.3 Å². The van der Waals surface area contributed by atoms with Crippen molar-refractivity contribution in [2.75, 3.05) is 17.7 Å². The highest BCUT2D eigenvalue weighted by Crippen LogP contribution is 2.34. The molecule has 112 valence electrons. The van der Waals surface area contributed by atoms with Gasteiger partial charge >= 0.3 is 0 Å². The summed E-state index contributed by atoms with van der Waals surface area (Å²) in [4.78, 5) is 0. The van der Waals surface area contributed by atoms with Crippen LogP contribution in [0, 0.1) is 5.82 Å². The second-order valence-corrected chi connectivity index (χ2v) is 5.79. The van der Waals surface area contributed by atoms with Gasteiger partial charge in [-0.05, 0) is 24.6 Å². The molecule has 0 amide bonds. The van der Waals surface area contributed by atoms with Crippen molar-refractivity contribution >= 4 is 44.6 Å². The molecule has 0 radical (unpaired) electrons. The van der Waals surface area contributed by atoms with E-state index in [-0.39, 0.29) is 11.4 Å². The van der Waals surface area contributed by atoms with Gasteiger partial charge in [0.15, 0.2) is 11.6 Å². The van der Waals surface area contributed by atoms with Crippen molar-refractivity contribution in [1.29, 1.82) is 0 Å². The number of ether oxygens (including phenoxy) is 1. The third kappa shape index (κ3) is 4.02. The second kappa shape index (κ2) is 7.00. The zero-order valence-electron chi connectivity index (χ0n) is 11.4. The highest BCUT2D eigenvalue weighted by atomic mass is 79.9. The quantitative estimate of drug-likeness (QED) is 0.694. The van der Waals surface area contributed by atoms with Gasteiger partial charge in [-0.2, -0.15) is 0 Å². The molecule has 0 aliphatic carbocycles. The first-order valence-corrected chi connectivity index (χ1v) is 7.62. The Kier molecular flexibility index (Phi) is 5.31. The van der Waals surface area contributed by atoms with Crippen LogP contribution in [0.25, 0.3) is 0 Å². The van der Waals surface area contributed by atoms with Crippen molar-refractivity contribution in [3.63, 3.8) is 0 Å². The number of nitrogens with two attached hydrogens (primary N) is 1. The molecule has 0 heterocycles. The zero-order chi connectivity index (χ0) is 15.4. The van der Waals surface area contributed by atoms with Gasteiger partial charge < -0.3 is 15.8 Å². The van der Waals surface area contributed by atoms with Crippen LogP contribution in [0.2, 0.25) is 5.02 Å². The SMILES string of the molecule is CCCOc1cc(Nc2cc(Br)ccc2Cl)c(N)cc1F. The van der Waals surface area contributed by atoms with Crippen molar-refractivity contribution in [1.82, 2.24) is 0 Å². The third-order valence-electron chi connectivity index (χ3n) is 2.76. The predicted molar refractivity (Wildman–Crippen MR) is 89.0 cm³/mol.